The average Bonchev–Trinajstić information content (AvgIpc) is 3.37. The molecule has 0 fully saturated rings. The van der Waals surface area contributed by atoms with E-state index < -0.39 is 5.41 Å². The fourth-order valence-electron chi connectivity index (χ4n) is 9.51. The van der Waals surface area contributed by atoms with Crippen LogP contribution in [0, 0.1) is 0 Å². The van der Waals surface area contributed by atoms with Gasteiger partial charge in [0.1, 0.15) is 11.5 Å². The van der Waals surface area contributed by atoms with Crippen LogP contribution in [0.2, 0.25) is 0 Å². The molecule has 1 spiro atoms. The quantitative estimate of drug-likeness (QED) is 0.167. The summed E-state index contributed by atoms with van der Waals surface area (Å²) in [5, 5.41) is 0. The summed E-state index contributed by atoms with van der Waals surface area (Å²) in [6, 6.07) is 81.1. The van der Waals surface area contributed by atoms with Crippen molar-refractivity contribution in [3.63, 3.8) is 0 Å². The van der Waals surface area contributed by atoms with Gasteiger partial charge in [-0.2, -0.15) is 0 Å². The lowest BCUT2D eigenvalue weighted by Crippen LogP contribution is -2.39. The van der Waals surface area contributed by atoms with Crippen molar-refractivity contribution in [2.75, 3.05) is 4.90 Å². The van der Waals surface area contributed by atoms with Crippen molar-refractivity contribution in [1.29, 1.82) is 0 Å². The van der Waals surface area contributed by atoms with E-state index in [1.165, 1.54) is 5.56 Å². The van der Waals surface area contributed by atoms with Gasteiger partial charge in [-0.1, -0.05) is 176 Å². The molecule has 0 amide bonds. The summed E-state index contributed by atoms with van der Waals surface area (Å²) >= 11 is 0. The van der Waals surface area contributed by atoms with Crippen molar-refractivity contribution in [3.05, 3.63) is 253 Å². The third kappa shape index (κ3) is 6.05. The zero-order valence-electron chi connectivity index (χ0n) is 34.1. The highest BCUT2D eigenvalue weighted by Gasteiger charge is 2.51. The van der Waals surface area contributed by atoms with Crippen molar-refractivity contribution in [1.82, 2.24) is 15.0 Å². The Morgan fingerprint density at radius 1 is 0.302 bits per heavy atom. The van der Waals surface area contributed by atoms with Crippen LogP contribution in [-0.2, 0) is 5.41 Å². The van der Waals surface area contributed by atoms with Gasteiger partial charge in [-0.3, -0.25) is 0 Å². The van der Waals surface area contributed by atoms with E-state index in [1.807, 2.05) is 60.7 Å². The molecule has 63 heavy (non-hydrogen) atoms. The van der Waals surface area contributed by atoms with E-state index in [4.69, 9.17) is 19.7 Å². The number of hydrogen-bond acceptors (Lipinski definition) is 5. The summed E-state index contributed by atoms with van der Waals surface area (Å²) in [7, 11) is 0. The molecule has 1 aromatic heterocycles. The van der Waals surface area contributed by atoms with Crippen molar-refractivity contribution >= 4 is 17.1 Å². The molecule has 0 saturated carbocycles. The highest BCUT2D eigenvalue weighted by Crippen LogP contribution is 2.63. The molecule has 0 bridgehead atoms. The van der Waals surface area contributed by atoms with Crippen LogP contribution in [0.4, 0.5) is 17.1 Å². The number of ether oxygens (including phenoxy) is 1. The minimum atomic E-state index is -0.811. The summed E-state index contributed by atoms with van der Waals surface area (Å²) in [5.74, 6) is 3.47. The molecule has 10 aromatic rings. The van der Waals surface area contributed by atoms with Gasteiger partial charge in [0.2, 0.25) is 0 Å². The number of para-hydroxylation sites is 2. The van der Waals surface area contributed by atoms with Gasteiger partial charge in [0.25, 0.3) is 0 Å². The van der Waals surface area contributed by atoms with E-state index in [2.05, 4.69) is 175 Å². The Labute approximate surface area is 366 Å². The molecule has 9 aromatic carbocycles. The summed E-state index contributed by atoms with van der Waals surface area (Å²) in [6.07, 6.45) is 0. The molecule has 5 nitrogen and oxygen atoms in total. The van der Waals surface area contributed by atoms with Crippen molar-refractivity contribution in [3.8, 4) is 67.9 Å². The maximum atomic E-state index is 6.81. The van der Waals surface area contributed by atoms with Gasteiger partial charge in [0.15, 0.2) is 17.5 Å². The Morgan fingerprint density at radius 2 is 0.667 bits per heavy atom. The van der Waals surface area contributed by atoms with Gasteiger partial charge in [-0.25, -0.2) is 15.0 Å². The molecule has 12 rings (SSSR count). The van der Waals surface area contributed by atoms with E-state index >= 15 is 0 Å². The van der Waals surface area contributed by atoms with E-state index in [1.54, 1.807) is 0 Å². The van der Waals surface area contributed by atoms with Gasteiger partial charge in [-0.15, -0.1) is 0 Å². The second kappa shape index (κ2) is 14.9. The lowest BCUT2D eigenvalue weighted by atomic mass is 9.60. The Kier molecular flexibility index (Phi) is 8.64. The lowest BCUT2D eigenvalue weighted by Gasteiger charge is -2.49. The van der Waals surface area contributed by atoms with Gasteiger partial charge >= 0.3 is 0 Å². The topological polar surface area (TPSA) is 51.1 Å². The molecule has 296 valence electrons. The average molecular weight is 807 g/mol. The Balaban J connectivity index is 1.17. The lowest BCUT2D eigenvalue weighted by molar-refractivity contribution is 0.434. The Hall–Kier alpha value is -8.41. The second-order valence-corrected chi connectivity index (χ2v) is 16.0. The minimum absolute atomic E-state index is 0.594. The molecular weight excluding hydrogens is 769 g/mol. The maximum Gasteiger partial charge on any atom is 0.164 e. The number of fused-ring (bicyclic) bond motifs is 8. The van der Waals surface area contributed by atoms with E-state index in [0.29, 0.717) is 17.5 Å². The molecule has 5 heteroatoms. The molecule has 0 saturated heterocycles. The van der Waals surface area contributed by atoms with Gasteiger partial charge in [0.05, 0.1) is 16.8 Å². The predicted molar refractivity (Wildman–Crippen MR) is 254 cm³/mol. The third-order valence-electron chi connectivity index (χ3n) is 12.4. The van der Waals surface area contributed by atoms with Crippen LogP contribution in [-0.4, -0.2) is 15.0 Å². The molecule has 2 aliphatic rings. The predicted octanol–water partition coefficient (Wildman–Crippen LogP) is 14.5. The fourth-order valence-corrected chi connectivity index (χ4v) is 9.51. The zero-order valence-corrected chi connectivity index (χ0v) is 34.1. The maximum absolute atomic E-state index is 6.81. The van der Waals surface area contributed by atoms with Crippen molar-refractivity contribution in [2.24, 2.45) is 0 Å². The summed E-state index contributed by atoms with van der Waals surface area (Å²) in [6.45, 7) is 0. The SMILES string of the molecule is c1ccc(-c2ccc(N3c4ccc(-c5ccccc5)cc4C4(c5ccccc5Oc5ccccc54)c4cc(-c5nc(-c6ccccc6)nc(-c6ccccc6)n5)ccc43)cc2)cc1. The van der Waals surface area contributed by atoms with Crippen molar-refractivity contribution < 1.29 is 4.74 Å². The summed E-state index contributed by atoms with van der Waals surface area (Å²) in [4.78, 5) is 17.9. The molecule has 2 aliphatic heterocycles. The van der Waals surface area contributed by atoms with Crippen LogP contribution in [0.5, 0.6) is 11.5 Å². The van der Waals surface area contributed by atoms with E-state index in [0.717, 1.165) is 84.2 Å². The van der Waals surface area contributed by atoms with E-state index in [9.17, 15) is 0 Å². The van der Waals surface area contributed by atoms with Crippen LogP contribution in [0.25, 0.3) is 56.4 Å². The van der Waals surface area contributed by atoms with Gasteiger partial charge < -0.3 is 9.64 Å². The zero-order chi connectivity index (χ0) is 41.7. The molecule has 0 aliphatic carbocycles. The largest absolute Gasteiger partial charge is 0.457 e. The van der Waals surface area contributed by atoms with E-state index in [-0.39, 0.29) is 0 Å². The first-order chi connectivity index (χ1) is 31.2. The standard InChI is InChI=1S/C58H38N4O/c1-5-17-39(18-6-1)41-29-33-46(34-30-41)62-51-35-31-44(40-19-7-2-8-20-40)37-49(51)58(47-25-13-15-27-53(47)63-54-28-16-14-26-48(54)58)50-38-45(32-36-52(50)62)57-60-55(42-21-9-3-10-22-42)59-56(61-57)43-23-11-4-12-24-43/h1-38H. The molecular formula is C58H38N4O. The highest BCUT2D eigenvalue weighted by atomic mass is 16.5. The first kappa shape index (κ1) is 36.4. The van der Waals surface area contributed by atoms with Gasteiger partial charge in [0, 0.05) is 33.5 Å². The monoisotopic (exact) mass is 806 g/mol. The highest BCUT2D eigenvalue weighted by molar-refractivity contribution is 5.93. The molecule has 0 atom stereocenters. The number of benzene rings is 9. The number of rotatable bonds is 6. The Bertz CT molecular complexity index is 3200. The number of hydrogen-bond donors (Lipinski definition) is 0. The molecule has 0 radical (unpaired) electrons. The minimum Gasteiger partial charge on any atom is -0.457 e. The van der Waals surface area contributed by atoms with Crippen LogP contribution in [0.15, 0.2) is 231 Å². The number of aromatic nitrogens is 3. The first-order valence-electron chi connectivity index (χ1n) is 21.3. The Morgan fingerprint density at radius 3 is 1.17 bits per heavy atom. The van der Waals surface area contributed by atoms with Crippen molar-refractivity contribution in [2.45, 2.75) is 5.41 Å². The smallest absolute Gasteiger partial charge is 0.164 e. The third-order valence-corrected chi connectivity index (χ3v) is 12.4. The van der Waals surface area contributed by atoms with Crippen LogP contribution in [0.3, 0.4) is 0 Å². The molecule has 3 heterocycles. The number of nitrogens with zero attached hydrogens (tertiary/aromatic N) is 4. The summed E-state index contributed by atoms with van der Waals surface area (Å²) in [5.41, 5.74) is 14.1. The van der Waals surface area contributed by atoms with Crippen LogP contribution in [0.1, 0.15) is 22.3 Å². The molecule has 0 N–H and O–H groups in total. The fraction of sp³-hybridized carbons (Fsp3) is 0.0172. The summed E-state index contributed by atoms with van der Waals surface area (Å²) < 4.78 is 6.81. The first-order valence-corrected chi connectivity index (χ1v) is 21.3. The van der Waals surface area contributed by atoms with Gasteiger partial charge in [-0.05, 0) is 88.0 Å². The second-order valence-electron chi connectivity index (χ2n) is 16.0. The normalized spacial score (nSPS) is 13.0. The van der Waals surface area contributed by atoms with Crippen LogP contribution < -0.4 is 9.64 Å². The number of anilines is 3. The molecule has 0 unspecified atom stereocenters. The van der Waals surface area contributed by atoms with Crippen LogP contribution >= 0.6 is 0 Å².